The average Bonchev–Trinajstić information content (AvgIpc) is 2.39. The molecule has 0 aromatic carbocycles. The van der Waals surface area contributed by atoms with Gasteiger partial charge in [-0.1, -0.05) is 0 Å². The van der Waals surface area contributed by atoms with Crippen molar-refractivity contribution in [3.05, 3.63) is 11.8 Å². The number of hydrogen-bond donors (Lipinski definition) is 2. The Morgan fingerprint density at radius 3 is 3.00 bits per heavy atom. The smallest absolute Gasteiger partial charge is 0.224 e. The number of aliphatic hydroxyl groups is 1. The molecule has 1 aliphatic rings. The number of anilines is 2. The molecule has 2 rings (SSSR count). The molecular weight excluding hydrogens is 240 g/mol. The van der Waals surface area contributed by atoms with Crippen molar-refractivity contribution in [3.8, 4) is 0 Å². The largest absolute Gasteiger partial charge is 0.396 e. The van der Waals surface area contributed by atoms with E-state index >= 15 is 0 Å². The van der Waals surface area contributed by atoms with Crippen LogP contribution >= 0.6 is 0 Å². The molecule has 0 spiro atoms. The summed E-state index contributed by atoms with van der Waals surface area (Å²) in [5.74, 6) is 1.69. The monoisotopic (exact) mass is 264 g/mol. The van der Waals surface area contributed by atoms with Crippen LogP contribution in [0.4, 0.5) is 11.8 Å². The molecule has 0 radical (unpaired) electrons. The van der Waals surface area contributed by atoms with Gasteiger partial charge in [-0.3, -0.25) is 0 Å². The summed E-state index contributed by atoms with van der Waals surface area (Å²) in [6.45, 7) is 6.12. The number of aryl methyl sites for hydroxylation is 1. The third-order valence-electron chi connectivity index (χ3n) is 3.56. The van der Waals surface area contributed by atoms with Gasteiger partial charge in [0, 0.05) is 37.5 Å². The van der Waals surface area contributed by atoms with Gasteiger partial charge >= 0.3 is 0 Å². The Morgan fingerprint density at radius 2 is 2.26 bits per heavy atom. The summed E-state index contributed by atoms with van der Waals surface area (Å²) >= 11 is 0. The van der Waals surface area contributed by atoms with Crippen molar-refractivity contribution in [1.82, 2.24) is 9.97 Å². The first-order valence-corrected chi connectivity index (χ1v) is 7.21. The second kappa shape index (κ2) is 6.70. The number of nitrogens with one attached hydrogen (secondary N) is 1. The fourth-order valence-corrected chi connectivity index (χ4v) is 2.69. The van der Waals surface area contributed by atoms with Crippen molar-refractivity contribution in [2.75, 3.05) is 29.9 Å². The van der Waals surface area contributed by atoms with Gasteiger partial charge in [0.05, 0.1) is 0 Å². The quantitative estimate of drug-likeness (QED) is 0.851. The van der Waals surface area contributed by atoms with Crippen molar-refractivity contribution in [3.63, 3.8) is 0 Å². The van der Waals surface area contributed by atoms with Gasteiger partial charge in [0.2, 0.25) is 5.95 Å². The van der Waals surface area contributed by atoms with Gasteiger partial charge in [-0.25, -0.2) is 4.98 Å². The average molecular weight is 264 g/mol. The summed E-state index contributed by atoms with van der Waals surface area (Å²) in [7, 11) is 0. The molecule has 5 nitrogen and oxygen atoms in total. The minimum Gasteiger partial charge on any atom is -0.396 e. The normalized spacial score (nSPS) is 19.5. The van der Waals surface area contributed by atoms with Crippen molar-refractivity contribution in [1.29, 1.82) is 0 Å². The highest BCUT2D eigenvalue weighted by molar-refractivity contribution is 5.46. The highest BCUT2D eigenvalue weighted by Gasteiger charge is 2.23. The molecule has 0 aliphatic carbocycles. The molecule has 1 atom stereocenters. The molecule has 1 fully saturated rings. The van der Waals surface area contributed by atoms with E-state index in [1.165, 1.54) is 12.8 Å². The first-order chi connectivity index (χ1) is 9.24. The second-order valence-electron chi connectivity index (χ2n) is 5.08. The lowest BCUT2D eigenvalue weighted by Crippen LogP contribution is -2.40. The second-order valence-corrected chi connectivity index (χ2v) is 5.08. The van der Waals surface area contributed by atoms with Crippen LogP contribution in [0, 0.1) is 6.92 Å². The van der Waals surface area contributed by atoms with Gasteiger partial charge in [-0.15, -0.1) is 0 Å². The minimum absolute atomic E-state index is 0.241. The number of nitrogens with zero attached hydrogens (tertiary/aromatic N) is 3. The van der Waals surface area contributed by atoms with Crippen LogP contribution in [0.3, 0.4) is 0 Å². The number of aliphatic hydroxyl groups excluding tert-OH is 1. The molecule has 1 aromatic rings. The summed E-state index contributed by atoms with van der Waals surface area (Å²) < 4.78 is 0. The molecule has 19 heavy (non-hydrogen) atoms. The molecule has 1 saturated heterocycles. The van der Waals surface area contributed by atoms with E-state index in [-0.39, 0.29) is 6.61 Å². The van der Waals surface area contributed by atoms with E-state index in [0.29, 0.717) is 12.0 Å². The van der Waals surface area contributed by atoms with Gasteiger partial charge in [-0.2, -0.15) is 4.98 Å². The van der Waals surface area contributed by atoms with E-state index in [1.807, 2.05) is 19.9 Å². The first kappa shape index (κ1) is 14.1. The third-order valence-corrected chi connectivity index (χ3v) is 3.56. The molecule has 5 heteroatoms. The van der Waals surface area contributed by atoms with Gasteiger partial charge in [-0.05, 0) is 39.5 Å². The van der Waals surface area contributed by atoms with Crippen LogP contribution < -0.4 is 10.2 Å². The summed E-state index contributed by atoms with van der Waals surface area (Å²) in [5, 5.41) is 12.4. The Morgan fingerprint density at radius 1 is 1.42 bits per heavy atom. The van der Waals surface area contributed by atoms with Gasteiger partial charge in [0.1, 0.15) is 5.82 Å². The van der Waals surface area contributed by atoms with Crippen LogP contribution in [0.15, 0.2) is 6.07 Å². The Balaban J connectivity index is 2.22. The van der Waals surface area contributed by atoms with Crippen LogP contribution in [0.5, 0.6) is 0 Å². The molecule has 0 saturated carbocycles. The van der Waals surface area contributed by atoms with E-state index in [0.717, 1.165) is 37.4 Å². The molecule has 0 amide bonds. The Hall–Kier alpha value is -1.36. The van der Waals surface area contributed by atoms with Crippen molar-refractivity contribution < 1.29 is 5.11 Å². The molecule has 1 unspecified atom stereocenters. The fraction of sp³-hybridized carbons (Fsp3) is 0.714. The van der Waals surface area contributed by atoms with Crippen molar-refractivity contribution >= 4 is 11.8 Å². The highest BCUT2D eigenvalue weighted by Crippen LogP contribution is 2.26. The molecule has 1 aromatic heterocycles. The van der Waals surface area contributed by atoms with Crippen LogP contribution in [-0.4, -0.2) is 40.8 Å². The van der Waals surface area contributed by atoms with Gasteiger partial charge < -0.3 is 15.3 Å². The maximum atomic E-state index is 9.20. The summed E-state index contributed by atoms with van der Waals surface area (Å²) in [5.41, 5.74) is 0.981. The number of piperidine rings is 1. The first-order valence-electron chi connectivity index (χ1n) is 7.21. The molecule has 1 aliphatic heterocycles. The van der Waals surface area contributed by atoms with Crippen LogP contribution in [0.25, 0.3) is 0 Å². The predicted octanol–water partition coefficient (Wildman–Crippen LogP) is 1.96. The third kappa shape index (κ3) is 3.56. The SMILES string of the molecule is CCNc1nc(C)cc(N2CCCCC2CCO)n1. The Kier molecular flexibility index (Phi) is 4.96. The van der Waals surface area contributed by atoms with E-state index < -0.39 is 0 Å². The maximum absolute atomic E-state index is 9.20. The summed E-state index contributed by atoms with van der Waals surface area (Å²) in [6.07, 6.45) is 4.40. The number of hydrogen-bond acceptors (Lipinski definition) is 5. The van der Waals surface area contributed by atoms with Crippen LogP contribution in [0.2, 0.25) is 0 Å². The molecule has 2 N–H and O–H groups in total. The number of rotatable bonds is 5. The molecule has 106 valence electrons. The predicted molar refractivity (Wildman–Crippen MR) is 77.6 cm³/mol. The zero-order chi connectivity index (χ0) is 13.7. The van der Waals surface area contributed by atoms with E-state index in [4.69, 9.17) is 0 Å². The van der Waals surface area contributed by atoms with E-state index in [1.54, 1.807) is 0 Å². The molecular formula is C14H24N4O. The highest BCUT2D eigenvalue weighted by atomic mass is 16.3. The molecule has 2 heterocycles. The van der Waals surface area contributed by atoms with Crippen molar-refractivity contribution in [2.24, 2.45) is 0 Å². The lowest BCUT2D eigenvalue weighted by Gasteiger charge is -2.36. The summed E-state index contributed by atoms with van der Waals surface area (Å²) in [4.78, 5) is 11.3. The fourth-order valence-electron chi connectivity index (χ4n) is 2.69. The standard InChI is InChI=1S/C14H24N4O/c1-3-15-14-16-11(2)10-13(17-14)18-8-5-4-6-12(18)7-9-19/h10,12,19H,3-9H2,1-2H3,(H,15,16,17). The maximum Gasteiger partial charge on any atom is 0.224 e. The van der Waals surface area contributed by atoms with E-state index in [2.05, 4.69) is 20.2 Å². The van der Waals surface area contributed by atoms with Gasteiger partial charge in [0.25, 0.3) is 0 Å². The Labute approximate surface area is 115 Å². The zero-order valence-electron chi connectivity index (χ0n) is 11.9. The lowest BCUT2D eigenvalue weighted by molar-refractivity contribution is 0.262. The number of aromatic nitrogens is 2. The topological polar surface area (TPSA) is 61.3 Å². The summed E-state index contributed by atoms with van der Waals surface area (Å²) in [6, 6.07) is 2.44. The van der Waals surface area contributed by atoms with Crippen LogP contribution in [0.1, 0.15) is 38.3 Å². The van der Waals surface area contributed by atoms with Crippen molar-refractivity contribution in [2.45, 2.75) is 45.6 Å². The minimum atomic E-state index is 0.241. The Bertz CT molecular complexity index is 408. The lowest BCUT2D eigenvalue weighted by atomic mass is 9.99. The molecule has 0 bridgehead atoms. The van der Waals surface area contributed by atoms with Crippen LogP contribution in [-0.2, 0) is 0 Å². The van der Waals surface area contributed by atoms with Gasteiger partial charge in [0.15, 0.2) is 0 Å². The zero-order valence-corrected chi connectivity index (χ0v) is 11.9. The van der Waals surface area contributed by atoms with E-state index in [9.17, 15) is 5.11 Å².